The second-order valence-corrected chi connectivity index (χ2v) is 6.16. The lowest BCUT2D eigenvalue weighted by molar-refractivity contribution is 1.49. The Balaban J connectivity index is 1.93. The standard InChI is InChI=1S/C21H13NS/c1-2-15-10-12-16(13-11-15)17-6-3-4-7-18(17)19-8-5-9-20-21(19)22-14-23-20/h1,3-14H. The molecule has 0 bridgehead atoms. The van der Waals surface area contributed by atoms with Gasteiger partial charge in [0.25, 0.3) is 0 Å². The van der Waals surface area contributed by atoms with Crippen molar-refractivity contribution in [2.45, 2.75) is 0 Å². The van der Waals surface area contributed by atoms with Crippen molar-refractivity contribution in [1.82, 2.24) is 4.98 Å². The topological polar surface area (TPSA) is 12.9 Å². The number of hydrogen-bond donors (Lipinski definition) is 0. The van der Waals surface area contributed by atoms with E-state index in [4.69, 9.17) is 6.42 Å². The maximum atomic E-state index is 5.45. The molecule has 23 heavy (non-hydrogen) atoms. The summed E-state index contributed by atoms with van der Waals surface area (Å²) in [6.07, 6.45) is 5.45. The van der Waals surface area contributed by atoms with Gasteiger partial charge in [0, 0.05) is 11.1 Å². The molecule has 0 amide bonds. The lowest BCUT2D eigenvalue weighted by atomic mass is 9.93. The molecule has 0 aliphatic rings. The second kappa shape index (κ2) is 5.72. The lowest BCUT2D eigenvalue weighted by Gasteiger charge is -2.11. The molecule has 2 heteroatoms. The van der Waals surface area contributed by atoms with Gasteiger partial charge in [-0.05, 0) is 34.9 Å². The molecular weight excluding hydrogens is 298 g/mol. The van der Waals surface area contributed by atoms with Gasteiger partial charge in [0.1, 0.15) is 0 Å². The Morgan fingerprint density at radius 1 is 0.783 bits per heavy atom. The summed E-state index contributed by atoms with van der Waals surface area (Å²) in [5.41, 5.74) is 8.57. The molecule has 1 nitrogen and oxygen atoms in total. The number of benzene rings is 3. The van der Waals surface area contributed by atoms with Gasteiger partial charge in [-0.2, -0.15) is 0 Å². The highest BCUT2D eigenvalue weighted by Crippen LogP contribution is 2.36. The molecule has 0 aliphatic heterocycles. The minimum Gasteiger partial charge on any atom is -0.244 e. The average molecular weight is 311 g/mol. The van der Waals surface area contributed by atoms with Gasteiger partial charge in [0.2, 0.25) is 0 Å². The van der Waals surface area contributed by atoms with Crippen LogP contribution in [-0.4, -0.2) is 4.98 Å². The van der Waals surface area contributed by atoms with Crippen LogP contribution in [0.15, 0.2) is 72.2 Å². The third kappa shape index (κ3) is 2.42. The molecule has 0 unspecified atom stereocenters. The Hall–Kier alpha value is -2.89. The Morgan fingerprint density at radius 2 is 1.52 bits per heavy atom. The van der Waals surface area contributed by atoms with Gasteiger partial charge in [-0.1, -0.05) is 54.5 Å². The van der Waals surface area contributed by atoms with Crippen molar-refractivity contribution in [3.05, 3.63) is 77.8 Å². The van der Waals surface area contributed by atoms with Gasteiger partial charge in [-0.3, -0.25) is 0 Å². The highest BCUT2D eigenvalue weighted by atomic mass is 32.1. The van der Waals surface area contributed by atoms with Gasteiger partial charge < -0.3 is 0 Å². The zero-order valence-corrected chi connectivity index (χ0v) is 13.2. The molecular formula is C21H13NS. The summed E-state index contributed by atoms with van der Waals surface area (Å²) in [5.74, 6) is 2.66. The molecule has 3 aromatic carbocycles. The van der Waals surface area contributed by atoms with E-state index in [1.54, 1.807) is 11.3 Å². The van der Waals surface area contributed by atoms with Crippen LogP contribution in [0.25, 0.3) is 32.5 Å². The van der Waals surface area contributed by atoms with Gasteiger partial charge >= 0.3 is 0 Å². The summed E-state index contributed by atoms with van der Waals surface area (Å²) in [6.45, 7) is 0. The van der Waals surface area contributed by atoms with Crippen LogP contribution in [0.3, 0.4) is 0 Å². The third-order valence-electron chi connectivity index (χ3n) is 3.94. The maximum Gasteiger partial charge on any atom is 0.0890 e. The summed E-state index contributed by atoms with van der Waals surface area (Å²) in [7, 11) is 0. The van der Waals surface area contributed by atoms with Crippen molar-refractivity contribution in [3.63, 3.8) is 0 Å². The molecule has 0 saturated heterocycles. The monoisotopic (exact) mass is 311 g/mol. The van der Waals surface area contributed by atoms with Crippen LogP contribution in [0.4, 0.5) is 0 Å². The predicted octanol–water partition coefficient (Wildman–Crippen LogP) is 5.61. The van der Waals surface area contributed by atoms with Crippen molar-refractivity contribution in [1.29, 1.82) is 0 Å². The average Bonchev–Trinajstić information content (AvgIpc) is 3.10. The van der Waals surface area contributed by atoms with E-state index in [-0.39, 0.29) is 0 Å². The molecule has 4 aromatic rings. The minimum atomic E-state index is 0.896. The van der Waals surface area contributed by atoms with Crippen LogP contribution in [-0.2, 0) is 0 Å². The van der Waals surface area contributed by atoms with Crippen LogP contribution in [0.5, 0.6) is 0 Å². The molecule has 0 radical (unpaired) electrons. The zero-order chi connectivity index (χ0) is 15.6. The molecule has 108 valence electrons. The summed E-state index contributed by atoms with van der Waals surface area (Å²) >= 11 is 1.67. The van der Waals surface area contributed by atoms with Gasteiger partial charge in [-0.25, -0.2) is 4.98 Å². The molecule has 1 heterocycles. The fourth-order valence-electron chi connectivity index (χ4n) is 2.82. The van der Waals surface area contributed by atoms with Crippen molar-refractivity contribution in [2.75, 3.05) is 0 Å². The Bertz CT molecular complexity index is 1020. The van der Waals surface area contributed by atoms with Gasteiger partial charge in [0.15, 0.2) is 0 Å². The highest BCUT2D eigenvalue weighted by molar-refractivity contribution is 7.16. The van der Waals surface area contributed by atoms with E-state index in [9.17, 15) is 0 Å². The first-order chi connectivity index (χ1) is 11.4. The number of terminal acetylenes is 1. The maximum absolute atomic E-state index is 5.45. The minimum absolute atomic E-state index is 0.896. The third-order valence-corrected chi connectivity index (χ3v) is 4.73. The number of aromatic nitrogens is 1. The molecule has 0 aliphatic carbocycles. The number of nitrogens with zero attached hydrogens (tertiary/aromatic N) is 1. The SMILES string of the molecule is C#Cc1ccc(-c2ccccc2-c2cccc3scnc23)cc1. The lowest BCUT2D eigenvalue weighted by Crippen LogP contribution is -1.86. The van der Waals surface area contributed by atoms with E-state index in [1.165, 1.54) is 21.4 Å². The van der Waals surface area contributed by atoms with E-state index in [1.807, 2.05) is 17.6 Å². The first-order valence-electron chi connectivity index (χ1n) is 7.35. The summed E-state index contributed by atoms with van der Waals surface area (Å²) in [5, 5.41) is 0. The fraction of sp³-hybridized carbons (Fsp3) is 0. The van der Waals surface area contributed by atoms with Crippen LogP contribution >= 0.6 is 11.3 Å². The van der Waals surface area contributed by atoms with Crippen molar-refractivity contribution in [2.24, 2.45) is 0 Å². The van der Waals surface area contributed by atoms with E-state index >= 15 is 0 Å². The number of para-hydroxylation sites is 1. The van der Waals surface area contributed by atoms with E-state index < -0.39 is 0 Å². The van der Waals surface area contributed by atoms with Crippen LogP contribution in [0.2, 0.25) is 0 Å². The summed E-state index contributed by atoms with van der Waals surface area (Å²) in [4.78, 5) is 4.55. The van der Waals surface area contributed by atoms with E-state index in [2.05, 4.69) is 65.5 Å². The first kappa shape index (κ1) is 13.8. The van der Waals surface area contributed by atoms with Crippen molar-refractivity contribution in [3.8, 4) is 34.6 Å². The number of fused-ring (bicyclic) bond motifs is 1. The Labute approximate surface area is 139 Å². The Kier molecular flexibility index (Phi) is 3.42. The van der Waals surface area contributed by atoms with Crippen LogP contribution in [0.1, 0.15) is 5.56 Å². The number of hydrogen-bond acceptors (Lipinski definition) is 2. The zero-order valence-electron chi connectivity index (χ0n) is 12.4. The quantitative estimate of drug-likeness (QED) is 0.438. The smallest absolute Gasteiger partial charge is 0.0890 e. The molecule has 0 saturated carbocycles. The molecule has 0 spiro atoms. The molecule has 4 rings (SSSR count). The molecule has 0 atom stereocenters. The largest absolute Gasteiger partial charge is 0.244 e. The van der Waals surface area contributed by atoms with E-state index in [0.717, 1.165) is 16.6 Å². The molecule has 0 fully saturated rings. The Morgan fingerprint density at radius 3 is 2.30 bits per heavy atom. The van der Waals surface area contributed by atoms with Crippen molar-refractivity contribution >= 4 is 21.6 Å². The summed E-state index contributed by atoms with van der Waals surface area (Å²) < 4.78 is 1.21. The number of thiazole rings is 1. The van der Waals surface area contributed by atoms with Crippen LogP contribution in [0, 0.1) is 12.3 Å². The van der Waals surface area contributed by atoms with Crippen LogP contribution < -0.4 is 0 Å². The number of rotatable bonds is 2. The van der Waals surface area contributed by atoms with Crippen molar-refractivity contribution < 1.29 is 0 Å². The summed E-state index contributed by atoms with van der Waals surface area (Å²) in [6, 6.07) is 22.9. The molecule has 0 N–H and O–H groups in total. The molecule has 1 aromatic heterocycles. The van der Waals surface area contributed by atoms with Gasteiger partial charge in [-0.15, -0.1) is 17.8 Å². The predicted molar refractivity (Wildman–Crippen MR) is 98.4 cm³/mol. The fourth-order valence-corrected chi connectivity index (χ4v) is 3.52. The highest BCUT2D eigenvalue weighted by Gasteiger charge is 2.11. The first-order valence-corrected chi connectivity index (χ1v) is 8.23. The van der Waals surface area contributed by atoms with E-state index in [0.29, 0.717) is 0 Å². The normalized spacial score (nSPS) is 10.6. The van der Waals surface area contributed by atoms with Gasteiger partial charge in [0.05, 0.1) is 15.7 Å². The second-order valence-electron chi connectivity index (χ2n) is 5.27.